The van der Waals surface area contributed by atoms with Crippen molar-refractivity contribution in [3.8, 4) is 0 Å². The van der Waals surface area contributed by atoms with Crippen molar-refractivity contribution in [3.63, 3.8) is 0 Å². The third-order valence-electron chi connectivity index (χ3n) is 0. The summed E-state index contributed by atoms with van der Waals surface area (Å²) in [7, 11) is 6.25. The first kappa shape index (κ1) is 8.82. The normalized spacial score (nSPS) is 4.50. The first-order valence-corrected chi connectivity index (χ1v) is 0.707. The Kier molecular flexibility index (Phi) is 20.8. The molecule has 0 aliphatic heterocycles. The van der Waals surface area contributed by atoms with Crippen molar-refractivity contribution in [1.82, 2.24) is 5.32 Å². The second-order valence-corrected chi connectivity index (χ2v) is 0.250. The molecule has 0 saturated carbocycles. The van der Waals surface area contributed by atoms with Crippen LogP contribution in [0, 0.1) is 14.1 Å². The van der Waals surface area contributed by atoms with E-state index >= 15 is 0 Å². The van der Waals surface area contributed by atoms with Crippen LogP contribution in [0.3, 0.4) is 0 Å². The van der Waals surface area contributed by atoms with Gasteiger partial charge in [0.1, 0.15) is 0 Å². The summed E-state index contributed by atoms with van der Waals surface area (Å²) in [5.41, 5.74) is 0. The minimum absolute atomic E-state index is 0. The fourth-order valence-corrected chi connectivity index (χ4v) is 0. The van der Waals surface area contributed by atoms with Crippen LogP contribution < -0.4 is 5.32 Å². The number of rotatable bonds is 0. The minimum Gasteiger partial charge on any atom is -0.623 e. The predicted octanol–water partition coefficient (Wildman–Crippen LogP) is 0.157. The molecule has 0 heterocycles. The van der Waals surface area contributed by atoms with E-state index in [4.69, 9.17) is 0 Å². The summed E-state index contributed by atoms with van der Waals surface area (Å²) in [6, 6.07) is 0. The molecule has 0 unspecified atom stereocenters. The molecule has 0 bridgehead atoms. The molecule has 0 amide bonds. The molecule has 0 spiro atoms. The van der Waals surface area contributed by atoms with E-state index in [2.05, 4.69) is 19.4 Å². The van der Waals surface area contributed by atoms with E-state index in [1.54, 1.807) is 0 Å². The molecular formula is C2H5NW. The van der Waals surface area contributed by atoms with Crippen LogP contribution in [0.15, 0.2) is 0 Å². The average Bonchev–Trinajstić information content (AvgIpc) is 0.918. The quantitative estimate of drug-likeness (QED) is 0.581. The number of hydrogen-bond donors (Lipinski definition) is 1. The van der Waals surface area contributed by atoms with Crippen LogP contribution in [-0.2, 0) is 21.1 Å². The fraction of sp³-hybridized carbons (Fsp3) is 0. The zero-order chi connectivity index (χ0) is 2.71. The molecular weight excluding hydrogens is 222 g/mol. The monoisotopic (exact) mass is 227 g/mol. The second kappa shape index (κ2) is 9.42. The van der Waals surface area contributed by atoms with Crippen molar-refractivity contribution in [3.05, 3.63) is 14.1 Å². The standard InChI is InChI=1S/C2H5N.W/c1-3-2;/h3H,1-2H2;/q-2;+2. The Balaban J connectivity index is 0. The Morgan fingerprint density at radius 3 is 1.25 bits per heavy atom. The largest absolute Gasteiger partial charge is 2.00 e. The topological polar surface area (TPSA) is 12.0 Å². The summed E-state index contributed by atoms with van der Waals surface area (Å²) in [5, 5.41) is 2.25. The van der Waals surface area contributed by atoms with Gasteiger partial charge in [-0.15, -0.1) is 0 Å². The Labute approximate surface area is 41.0 Å². The first-order valence-electron chi connectivity index (χ1n) is 0.707. The zero-order valence-electron chi connectivity index (χ0n) is 2.32. The van der Waals surface area contributed by atoms with Gasteiger partial charge < -0.3 is 19.4 Å². The Bertz CT molecular complexity index is 6.00. The van der Waals surface area contributed by atoms with E-state index in [9.17, 15) is 0 Å². The summed E-state index contributed by atoms with van der Waals surface area (Å²) >= 11 is 0. The molecule has 4 heavy (non-hydrogen) atoms. The molecule has 0 rings (SSSR count). The molecule has 2 heteroatoms. The van der Waals surface area contributed by atoms with Gasteiger partial charge >= 0.3 is 21.1 Å². The zero-order valence-corrected chi connectivity index (χ0v) is 5.26. The van der Waals surface area contributed by atoms with Gasteiger partial charge in [0.2, 0.25) is 0 Å². The van der Waals surface area contributed by atoms with Crippen LogP contribution >= 0.6 is 0 Å². The maximum Gasteiger partial charge on any atom is 2.00 e. The van der Waals surface area contributed by atoms with E-state index in [1.807, 2.05) is 0 Å². The number of nitrogens with one attached hydrogen (secondary N) is 1. The molecule has 0 aliphatic carbocycles. The molecule has 0 fully saturated rings. The van der Waals surface area contributed by atoms with Crippen LogP contribution in [0.25, 0.3) is 0 Å². The Morgan fingerprint density at radius 1 is 1.25 bits per heavy atom. The predicted molar refractivity (Wildman–Crippen MR) is 13.8 cm³/mol. The van der Waals surface area contributed by atoms with Crippen LogP contribution in [-0.4, -0.2) is 0 Å². The van der Waals surface area contributed by atoms with E-state index in [0.717, 1.165) is 0 Å². The smallest absolute Gasteiger partial charge is 0.623 e. The van der Waals surface area contributed by atoms with Gasteiger partial charge in [-0.3, -0.25) is 0 Å². The molecule has 24 valence electrons. The third kappa shape index (κ3) is 17.1. The Hall–Kier alpha value is 0.648. The maximum absolute atomic E-state index is 3.12. The van der Waals surface area contributed by atoms with Gasteiger partial charge in [-0.05, 0) is 0 Å². The van der Waals surface area contributed by atoms with Gasteiger partial charge in [0.15, 0.2) is 0 Å². The summed E-state index contributed by atoms with van der Waals surface area (Å²) in [5.74, 6) is 0. The van der Waals surface area contributed by atoms with Crippen LogP contribution in [0.5, 0.6) is 0 Å². The van der Waals surface area contributed by atoms with Crippen molar-refractivity contribution in [2.24, 2.45) is 0 Å². The van der Waals surface area contributed by atoms with Crippen molar-refractivity contribution in [2.45, 2.75) is 0 Å². The minimum atomic E-state index is 0. The molecule has 0 saturated heterocycles. The second-order valence-electron chi connectivity index (χ2n) is 0.250. The van der Waals surface area contributed by atoms with Crippen LogP contribution in [0.4, 0.5) is 0 Å². The third-order valence-corrected chi connectivity index (χ3v) is 0. The fourth-order valence-electron chi connectivity index (χ4n) is 0. The van der Waals surface area contributed by atoms with Gasteiger partial charge in [0.05, 0.1) is 0 Å². The summed E-state index contributed by atoms with van der Waals surface area (Å²) in [6.07, 6.45) is 0. The molecule has 0 atom stereocenters. The summed E-state index contributed by atoms with van der Waals surface area (Å²) in [6.45, 7) is 0. The van der Waals surface area contributed by atoms with Gasteiger partial charge in [-0.25, -0.2) is 0 Å². The molecule has 0 aliphatic rings. The molecule has 1 N–H and O–H groups in total. The maximum atomic E-state index is 3.12. The SMILES string of the molecule is [CH2-]N[CH2-].[W+2]. The van der Waals surface area contributed by atoms with Gasteiger partial charge in [-0.1, -0.05) is 0 Å². The van der Waals surface area contributed by atoms with Crippen molar-refractivity contribution >= 4 is 0 Å². The van der Waals surface area contributed by atoms with E-state index in [0.29, 0.717) is 0 Å². The molecule has 0 aromatic rings. The van der Waals surface area contributed by atoms with Crippen molar-refractivity contribution in [2.75, 3.05) is 0 Å². The van der Waals surface area contributed by atoms with Crippen molar-refractivity contribution < 1.29 is 21.1 Å². The van der Waals surface area contributed by atoms with Gasteiger partial charge in [-0.2, -0.15) is 0 Å². The van der Waals surface area contributed by atoms with E-state index < -0.39 is 0 Å². The summed E-state index contributed by atoms with van der Waals surface area (Å²) < 4.78 is 0. The van der Waals surface area contributed by atoms with Gasteiger partial charge in [0.25, 0.3) is 0 Å². The number of hydrogen-bond acceptors (Lipinski definition) is 1. The molecule has 0 aromatic carbocycles. The van der Waals surface area contributed by atoms with Gasteiger partial charge in [0, 0.05) is 0 Å². The molecule has 1 nitrogen and oxygen atoms in total. The summed E-state index contributed by atoms with van der Waals surface area (Å²) in [4.78, 5) is 0. The van der Waals surface area contributed by atoms with Crippen molar-refractivity contribution in [1.29, 1.82) is 0 Å². The van der Waals surface area contributed by atoms with Crippen LogP contribution in [0.2, 0.25) is 0 Å². The van der Waals surface area contributed by atoms with E-state index in [1.165, 1.54) is 0 Å². The van der Waals surface area contributed by atoms with E-state index in [-0.39, 0.29) is 21.1 Å². The molecule has 0 radical (unpaired) electrons. The first-order chi connectivity index (χ1) is 1.41. The Morgan fingerprint density at radius 2 is 1.25 bits per heavy atom. The average molecular weight is 227 g/mol. The van der Waals surface area contributed by atoms with Crippen LogP contribution in [0.1, 0.15) is 0 Å². The molecule has 0 aromatic heterocycles.